The number of rotatable bonds is 4. The molecular formula is C18H18ClFN2O3. The minimum absolute atomic E-state index is 0.0671. The summed E-state index contributed by atoms with van der Waals surface area (Å²) in [7, 11) is 0. The second kappa shape index (κ2) is 6.67. The quantitative estimate of drug-likeness (QED) is 0.820. The number of aromatic nitrogens is 1. The van der Waals surface area contributed by atoms with E-state index in [1.54, 1.807) is 6.07 Å². The Balaban J connectivity index is 1.41. The zero-order chi connectivity index (χ0) is 17.4. The van der Waals surface area contributed by atoms with E-state index in [4.69, 9.17) is 20.9 Å². The molecule has 1 saturated carbocycles. The highest BCUT2D eigenvalue weighted by Gasteiger charge is 2.38. The molecule has 132 valence electrons. The van der Waals surface area contributed by atoms with Gasteiger partial charge >= 0.3 is 0 Å². The summed E-state index contributed by atoms with van der Waals surface area (Å²) in [5.74, 6) is 0.884. The van der Waals surface area contributed by atoms with Gasteiger partial charge in [-0.3, -0.25) is 4.79 Å². The molecule has 1 amide bonds. The van der Waals surface area contributed by atoms with Crippen molar-refractivity contribution in [1.82, 2.24) is 10.1 Å². The van der Waals surface area contributed by atoms with Crippen molar-refractivity contribution in [2.45, 2.75) is 38.3 Å². The molecule has 2 fully saturated rings. The van der Waals surface area contributed by atoms with Crippen molar-refractivity contribution in [2.24, 2.45) is 5.92 Å². The summed E-state index contributed by atoms with van der Waals surface area (Å²) in [6.45, 7) is 0.880. The first-order chi connectivity index (χ1) is 12.1. The van der Waals surface area contributed by atoms with Gasteiger partial charge in [0.25, 0.3) is 5.91 Å². The maximum atomic E-state index is 13.0. The lowest BCUT2D eigenvalue weighted by molar-refractivity contribution is 0.0722. The minimum Gasteiger partial charge on any atom is -0.484 e. The van der Waals surface area contributed by atoms with Crippen LogP contribution in [-0.4, -0.2) is 28.6 Å². The fourth-order valence-corrected chi connectivity index (χ4v) is 3.98. The van der Waals surface area contributed by atoms with E-state index < -0.39 is 5.82 Å². The van der Waals surface area contributed by atoms with E-state index in [1.165, 1.54) is 31.0 Å². The highest BCUT2D eigenvalue weighted by Crippen LogP contribution is 2.36. The van der Waals surface area contributed by atoms with Gasteiger partial charge in [0, 0.05) is 18.7 Å². The molecule has 0 radical (unpaired) electrons. The molecule has 1 aromatic heterocycles. The molecule has 0 unspecified atom stereocenters. The van der Waals surface area contributed by atoms with E-state index in [9.17, 15) is 9.18 Å². The van der Waals surface area contributed by atoms with E-state index in [1.807, 2.05) is 4.90 Å². The Morgan fingerprint density at radius 1 is 1.40 bits per heavy atom. The number of ether oxygens (including phenoxy) is 1. The third-order valence-corrected chi connectivity index (χ3v) is 5.25. The molecule has 2 aromatic rings. The molecule has 0 spiro atoms. The zero-order valence-electron chi connectivity index (χ0n) is 13.6. The van der Waals surface area contributed by atoms with Crippen LogP contribution in [0.15, 0.2) is 28.8 Å². The maximum absolute atomic E-state index is 13.0. The van der Waals surface area contributed by atoms with Crippen molar-refractivity contribution >= 4 is 17.5 Å². The summed E-state index contributed by atoms with van der Waals surface area (Å²) >= 11 is 5.92. The molecule has 1 aliphatic heterocycles. The van der Waals surface area contributed by atoms with Crippen molar-refractivity contribution in [3.63, 3.8) is 0 Å². The summed E-state index contributed by atoms with van der Waals surface area (Å²) in [5.41, 5.74) is 0.302. The van der Waals surface area contributed by atoms with Crippen LogP contribution in [0.4, 0.5) is 4.39 Å². The smallest absolute Gasteiger partial charge is 0.276 e. The monoisotopic (exact) mass is 364 g/mol. The van der Waals surface area contributed by atoms with Crippen LogP contribution in [0.3, 0.4) is 0 Å². The molecule has 5 nitrogen and oxygen atoms in total. The van der Waals surface area contributed by atoms with Gasteiger partial charge in [0.1, 0.15) is 18.2 Å². The van der Waals surface area contributed by atoms with Gasteiger partial charge in [0.2, 0.25) is 0 Å². The lowest BCUT2D eigenvalue weighted by Gasteiger charge is -2.23. The molecule has 7 heteroatoms. The van der Waals surface area contributed by atoms with Crippen LogP contribution in [-0.2, 0) is 6.61 Å². The Hall–Kier alpha value is -2.08. The van der Waals surface area contributed by atoms with E-state index >= 15 is 0 Å². The van der Waals surface area contributed by atoms with Gasteiger partial charge in [-0.25, -0.2) is 4.39 Å². The van der Waals surface area contributed by atoms with Crippen molar-refractivity contribution in [3.05, 3.63) is 46.6 Å². The Labute approximate surface area is 149 Å². The van der Waals surface area contributed by atoms with Gasteiger partial charge in [-0.2, -0.15) is 0 Å². The minimum atomic E-state index is -0.430. The molecule has 2 aliphatic rings. The van der Waals surface area contributed by atoms with Gasteiger partial charge in [-0.05, 0) is 43.4 Å². The number of carbonyl (C=O) groups is 1. The van der Waals surface area contributed by atoms with Crippen molar-refractivity contribution < 1.29 is 18.4 Å². The normalized spacial score (nSPS) is 22.2. The predicted octanol–water partition coefficient (Wildman–Crippen LogP) is 4.06. The number of nitrogens with zero attached hydrogens (tertiary/aromatic N) is 2. The number of amides is 1. The first kappa shape index (κ1) is 16.4. The van der Waals surface area contributed by atoms with Crippen molar-refractivity contribution in [2.75, 3.05) is 6.54 Å². The third kappa shape index (κ3) is 3.35. The lowest BCUT2D eigenvalue weighted by atomic mass is 9.90. The molecule has 2 atom stereocenters. The van der Waals surface area contributed by atoms with Crippen LogP contribution in [0.5, 0.6) is 5.75 Å². The second-order valence-electron chi connectivity index (χ2n) is 6.69. The number of fused-ring (bicyclic) bond motifs is 2. The van der Waals surface area contributed by atoms with Crippen LogP contribution < -0.4 is 4.74 Å². The number of benzene rings is 1. The van der Waals surface area contributed by atoms with Gasteiger partial charge in [0.05, 0.1) is 5.02 Å². The maximum Gasteiger partial charge on any atom is 0.276 e. The fraction of sp³-hybridized carbons (Fsp3) is 0.444. The van der Waals surface area contributed by atoms with Crippen LogP contribution in [0.2, 0.25) is 5.02 Å². The lowest BCUT2D eigenvalue weighted by Crippen LogP contribution is -2.35. The SMILES string of the molecule is O=C(c1cc(COc2ccc(F)cc2Cl)on1)N1C[C@H]2CCC[C@@H]1C2. The first-order valence-electron chi connectivity index (χ1n) is 8.44. The number of likely N-dealkylation sites (tertiary alicyclic amines) is 1. The Morgan fingerprint density at radius 3 is 3.08 bits per heavy atom. The molecule has 1 saturated heterocycles. The summed E-state index contributed by atoms with van der Waals surface area (Å²) < 4.78 is 23.7. The summed E-state index contributed by atoms with van der Waals surface area (Å²) in [6, 6.07) is 5.83. The van der Waals surface area contributed by atoms with Crippen LogP contribution >= 0.6 is 11.6 Å². The molecule has 1 aromatic carbocycles. The molecule has 0 N–H and O–H groups in total. The Morgan fingerprint density at radius 2 is 2.28 bits per heavy atom. The second-order valence-corrected chi connectivity index (χ2v) is 7.09. The average Bonchev–Trinajstić information content (AvgIpc) is 3.18. The third-order valence-electron chi connectivity index (χ3n) is 4.95. The number of hydrogen-bond donors (Lipinski definition) is 0. The number of halogens is 2. The molecular weight excluding hydrogens is 347 g/mol. The average molecular weight is 365 g/mol. The number of carbonyl (C=O) groups excluding carboxylic acids is 1. The van der Waals surface area contributed by atoms with Crippen LogP contribution in [0, 0.1) is 11.7 Å². The van der Waals surface area contributed by atoms with Gasteiger partial charge < -0.3 is 14.2 Å². The van der Waals surface area contributed by atoms with Crippen LogP contribution in [0.25, 0.3) is 0 Å². The summed E-state index contributed by atoms with van der Waals surface area (Å²) in [4.78, 5) is 14.6. The highest BCUT2D eigenvalue weighted by molar-refractivity contribution is 6.32. The van der Waals surface area contributed by atoms with E-state index in [-0.39, 0.29) is 17.5 Å². The van der Waals surface area contributed by atoms with Gasteiger partial charge in [-0.15, -0.1) is 0 Å². The zero-order valence-corrected chi connectivity index (χ0v) is 14.3. The molecule has 2 heterocycles. The van der Waals surface area contributed by atoms with Crippen molar-refractivity contribution in [1.29, 1.82) is 0 Å². The molecule has 25 heavy (non-hydrogen) atoms. The largest absolute Gasteiger partial charge is 0.484 e. The Bertz CT molecular complexity index is 794. The molecule has 2 bridgehead atoms. The fourth-order valence-electron chi connectivity index (χ4n) is 3.76. The highest BCUT2D eigenvalue weighted by atomic mass is 35.5. The standard InChI is InChI=1S/C18H18ClFN2O3/c19-15-7-12(20)4-5-17(15)24-10-14-8-16(21-25-14)18(23)22-9-11-2-1-3-13(22)6-11/h4-5,7-8,11,13H,1-3,6,9-10H2/t11-,13+/m0/s1. The summed E-state index contributed by atoms with van der Waals surface area (Å²) in [5, 5.41) is 4.07. The molecule has 1 aliphatic carbocycles. The van der Waals surface area contributed by atoms with E-state index in [0.29, 0.717) is 29.2 Å². The van der Waals surface area contributed by atoms with Gasteiger partial charge in [0.15, 0.2) is 11.5 Å². The first-order valence-corrected chi connectivity index (χ1v) is 8.82. The van der Waals surface area contributed by atoms with E-state index in [0.717, 1.165) is 19.4 Å². The van der Waals surface area contributed by atoms with Crippen LogP contribution in [0.1, 0.15) is 41.9 Å². The van der Waals surface area contributed by atoms with E-state index in [2.05, 4.69) is 5.16 Å². The Kier molecular flexibility index (Phi) is 4.37. The van der Waals surface area contributed by atoms with Gasteiger partial charge in [-0.1, -0.05) is 23.2 Å². The predicted molar refractivity (Wildman–Crippen MR) is 89.0 cm³/mol. The summed E-state index contributed by atoms with van der Waals surface area (Å²) in [6.07, 6.45) is 4.56. The molecule has 4 rings (SSSR count). The number of hydrogen-bond acceptors (Lipinski definition) is 4. The van der Waals surface area contributed by atoms with Crippen molar-refractivity contribution in [3.8, 4) is 5.75 Å². The topological polar surface area (TPSA) is 55.6 Å².